The van der Waals surface area contributed by atoms with Crippen molar-refractivity contribution in [2.45, 2.75) is 25.5 Å². The fourth-order valence-electron chi connectivity index (χ4n) is 3.70. The fraction of sp³-hybridized carbons (Fsp3) is 0.318. The van der Waals surface area contributed by atoms with Crippen molar-refractivity contribution in [1.29, 1.82) is 0 Å². The number of hydrogen-bond acceptors (Lipinski definition) is 4. The van der Waals surface area contributed by atoms with Crippen LogP contribution < -0.4 is 4.74 Å². The molecule has 0 saturated carbocycles. The van der Waals surface area contributed by atoms with Gasteiger partial charge in [0.2, 0.25) is 0 Å². The van der Waals surface area contributed by atoms with Crippen molar-refractivity contribution in [2.75, 3.05) is 20.2 Å². The molecular weight excluding hydrogens is 357 g/mol. The lowest BCUT2D eigenvalue weighted by Crippen LogP contribution is -2.37. The molecule has 3 aromatic rings. The van der Waals surface area contributed by atoms with Crippen molar-refractivity contribution in [1.82, 2.24) is 14.7 Å². The number of likely N-dealkylation sites (tertiary alicyclic amines) is 1. The zero-order valence-corrected chi connectivity index (χ0v) is 15.9. The number of piperidine rings is 1. The lowest BCUT2D eigenvalue weighted by atomic mass is 10.0. The van der Waals surface area contributed by atoms with Gasteiger partial charge in [0.1, 0.15) is 17.3 Å². The molecule has 0 radical (unpaired) electrons. The average molecular weight is 381 g/mol. The Kier molecular flexibility index (Phi) is 5.41. The van der Waals surface area contributed by atoms with E-state index >= 15 is 0 Å². The van der Waals surface area contributed by atoms with Crippen molar-refractivity contribution in [3.8, 4) is 22.7 Å². The number of nitrogens with zero attached hydrogens (tertiary/aromatic N) is 3. The third kappa shape index (κ3) is 3.93. The first-order chi connectivity index (χ1) is 13.6. The first kappa shape index (κ1) is 18.7. The first-order valence-electron chi connectivity index (χ1n) is 9.52. The van der Waals surface area contributed by atoms with Crippen molar-refractivity contribution in [3.05, 3.63) is 66.1 Å². The Morgan fingerprint density at radius 3 is 2.75 bits per heavy atom. The maximum absolute atomic E-state index is 14.8. The predicted molar refractivity (Wildman–Crippen MR) is 106 cm³/mol. The molecule has 1 aromatic heterocycles. The van der Waals surface area contributed by atoms with Crippen molar-refractivity contribution < 1.29 is 14.2 Å². The summed E-state index contributed by atoms with van der Waals surface area (Å²) in [6, 6.07) is 14.6. The standard InChI is InChI=1S/C22H24FN3O2/c1-28-19-9-10-20(21(23)12-19)22-16(13-25-11-5-8-18(27)15-25)14-26(24-22)17-6-3-2-4-7-17/h2-4,6-7,9-10,12,14,18,27H,5,8,11,13,15H2,1H3/t18-/m0/s1. The third-order valence-corrected chi connectivity index (χ3v) is 5.12. The molecule has 1 aliphatic heterocycles. The Balaban J connectivity index is 1.73. The van der Waals surface area contributed by atoms with Crippen LogP contribution in [0.4, 0.5) is 4.39 Å². The number of rotatable bonds is 5. The van der Waals surface area contributed by atoms with Gasteiger partial charge in [0.25, 0.3) is 0 Å². The number of hydrogen-bond donors (Lipinski definition) is 1. The van der Waals surface area contributed by atoms with Crippen LogP contribution in [0.3, 0.4) is 0 Å². The molecule has 1 saturated heterocycles. The Labute approximate surface area is 164 Å². The highest BCUT2D eigenvalue weighted by atomic mass is 19.1. The second-order valence-electron chi connectivity index (χ2n) is 7.16. The Morgan fingerprint density at radius 1 is 1.21 bits per heavy atom. The second kappa shape index (κ2) is 8.12. The van der Waals surface area contributed by atoms with Crippen LogP contribution >= 0.6 is 0 Å². The molecule has 1 atom stereocenters. The summed E-state index contributed by atoms with van der Waals surface area (Å²) >= 11 is 0. The number of para-hydroxylation sites is 1. The number of benzene rings is 2. The number of ether oxygens (including phenoxy) is 1. The van der Waals surface area contributed by atoms with E-state index in [2.05, 4.69) is 4.90 Å². The fourth-order valence-corrected chi connectivity index (χ4v) is 3.70. The van der Waals surface area contributed by atoms with Crippen molar-refractivity contribution in [3.63, 3.8) is 0 Å². The first-order valence-corrected chi connectivity index (χ1v) is 9.52. The van der Waals surface area contributed by atoms with Gasteiger partial charge in [-0.1, -0.05) is 18.2 Å². The summed E-state index contributed by atoms with van der Waals surface area (Å²) in [5.41, 5.74) is 2.91. The van der Waals surface area contributed by atoms with Gasteiger partial charge in [-0.3, -0.25) is 4.90 Å². The van der Waals surface area contributed by atoms with Crippen LogP contribution in [0.2, 0.25) is 0 Å². The van der Waals surface area contributed by atoms with Gasteiger partial charge in [-0.25, -0.2) is 9.07 Å². The van der Waals surface area contributed by atoms with E-state index in [1.165, 1.54) is 13.2 Å². The summed E-state index contributed by atoms with van der Waals surface area (Å²) in [4.78, 5) is 2.20. The van der Waals surface area contributed by atoms with Gasteiger partial charge in [-0.05, 0) is 43.7 Å². The quantitative estimate of drug-likeness (QED) is 0.733. The molecule has 0 amide bonds. The summed E-state index contributed by atoms with van der Waals surface area (Å²) in [6.45, 7) is 2.16. The maximum atomic E-state index is 14.8. The second-order valence-corrected chi connectivity index (χ2v) is 7.16. The van der Waals surface area contributed by atoms with E-state index in [9.17, 15) is 9.50 Å². The minimum atomic E-state index is -0.363. The van der Waals surface area contributed by atoms with Crippen molar-refractivity contribution in [2.24, 2.45) is 0 Å². The number of aromatic nitrogens is 2. The monoisotopic (exact) mass is 381 g/mol. The van der Waals surface area contributed by atoms with Crippen LogP contribution in [0.15, 0.2) is 54.7 Å². The Morgan fingerprint density at radius 2 is 2.04 bits per heavy atom. The van der Waals surface area contributed by atoms with Gasteiger partial charge in [0.05, 0.1) is 18.9 Å². The predicted octanol–water partition coefficient (Wildman–Crippen LogP) is 3.64. The zero-order valence-electron chi connectivity index (χ0n) is 15.9. The SMILES string of the molecule is COc1ccc(-c2nn(-c3ccccc3)cc2CN2CCC[C@H](O)C2)c(F)c1. The normalized spacial score (nSPS) is 17.6. The molecule has 2 aromatic carbocycles. The van der Waals surface area contributed by atoms with Gasteiger partial charge >= 0.3 is 0 Å². The summed E-state index contributed by atoms with van der Waals surface area (Å²) in [7, 11) is 1.52. The molecule has 1 aliphatic rings. The largest absolute Gasteiger partial charge is 0.497 e. The minimum absolute atomic E-state index is 0.306. The molecule has 2 heterocycles. The molecule has 4 rings (SSSR count). The van der Waals surface area contributed by atoms with Gasteiger partial charge in [0.15, 0.2) is 0 Å². The highest BCUT2D eigenvalue weighted by Crippen LogP contribution is 2.30. The van der Waals surface area contributed by atoms with E-state index in [0.717, 1.165) is 30.6 Å². The van der Waals surface area contributed by atoms with Gasteiger partial charge in [-0.2, -0.15) is 5.10 Å². The zero-order chi connectivity index (χ0) is 19.5. The molecule has 1 fully saturated rings. The lowest BCUT2D eigenvalue weighted by molar-refractivity contribution is 0.0669. The molecule has 0 unspecified atom stereocenters. The van der Waals surface area contributed by atoms with Crippen LogP contribution in [-0.4, -0.2) is 46.1 Å². The van der Waals surface area contributed by atoms with Gasteiger partial charge in [0, 0.05) is 36.5 Å². The maximum Gasteiger partial charge on any atom is 0.136 e. The van der Waals surface area contributed by atoms with Gasteiger partial charge in [-0.15, -0.1) is 0 Å². The van der Waals surface area contributed by atoms with Crippen LogP contribution in [0.25, 0.3) is 16.9 Å². The molecule has 28 heavy (non-hydrogen) atoms. The van der Waals surface area contributed by atoms with Crippen molar-refractivity contribution >= 4 is 0 Å². The topological polar surface area (TPSA) is 50.5 Å². The molecular formula is C22H24FN3O2. The van der Waals surface area contributed by atoms with Gasteiger partial charge < -0.3 is 9.84 Å². The highest BCUT2D eigenvalue weighted by Gasteiger charge is 2.22. The summed E-state index contributed by atoms with van der Waals surface area (Å²) < 4.78 is 21.7. The van der Waals surface area contributed by atoms with Crippen LogP contribution in [0.1, 0.15) is 18.4 Å². The van der Waals surface area contributed by atoms with E-state index < -0.39 is 0 Å². The Hall–Kier alpha value is -2.70. The number of methoxy groups -OCH3 is 1. The third-order valence-electron chi connectivity index (χ3n) is 5.12. The molecule has 6 heteroatoms. The molecule has 146 valence electrons. The molecule has 0 bridgehead atoms. The van der Waals surface area contributed by atoms with Crippen LogP contribution in [0, 0.1) is 5.82 Å². The molecule has 5 nitrogen and oxygen atoms in total. The minimum Gasteiger partial charge on any atom is -0.497 e. The molecule has 0 aliphatic carbocycles. The Bertz CT molecular complexity index is 942. The van der Waals surface area contributed by atoms with E-state index in [4.69, 9.17) is 9.84 Å². The van der Waals surface area contributed by atoms with Crippen LogP contribution in [0.5, 0.6) is 5.75 Å². The van der Waals surface area contributed by atoms with Crippen LogP contribution in [-0.2, 0) is 6.54 Å². The highest BCUT2D eigenvalue weighted by molar-refractivity contribution is 5.65. The van der Waals surface area contributed by atoms with E-state index in [0.29, 0.717) is 30.1 Å². The number of aliphatic hydroxyl groups excluding tert-OH is 1. The molecule has 0 spiro atoms. The number of β-amino-alcohol motifs (C(OH)–C–C–N with tert-alkyl or cyclic N) is 1. The number of aliphatic hydroxyl groups is 1. The summed E-state index contributed by atoms with van der Waals surface area (Å²) in [5.74, 6) is 0.113. The number of halogens is 1. The summed E-state index contributed by atoms with van der Waals surface area (Å²) in [6.07, 6.45) is 3.44. The average Bonchev–Trinajstić information content (AvgIpc) is 3.12. The summed E-state index contributed by atoms with van der Waals surface area (Å²) in [5, 5.41) is 14.7. The van der Waals surface area contributed by atoms with E-state index in [1.54, 1.807) is 16.8 Å². The van der Waals surface area contributed by atoms with E-state index in [1.807, 2.05) is 36.5 Å². The molecule has 1 N–H and O–H groups in total. The van der Waals surface area contributed by atoms with E-state index in [-0.39, 0.29) is 11.9 Å². The smallest absolute Gasteiger partial charge is 0.136 e. The lowest BCUT2D eigenvalue weighted by Gasteiger charge is -2.29.